The number of halogens is 4. The number of nitro benzene ring substituents is 1. The fourth-order valence-electron chi connectivity index (χ4n) is 2.59. The lowest BCUT2D eigenvalue weighted by atomic mass is 10.2. The highest BCUT2D eigenvalue weighted by molar-refractivity contribution is 6.50. The van der Waals surface area contributed by atoms with Crippen LogP contribution in [0.25, 0.3) is 22.8 Å². The Balaban J connectivity index is 0.000000491. The molecule has 0 radical (unpaired) electrons. The first-order valence-electron chi connectivity index (χ1n) is 8.85. The Morgan fingerprint density at radius 3 is 1.87 bits per heavy atom. The van der Waals surface area contributed by atoms with Gasteiger partial charge in [-0.05, 0) is 46.3 Å². The van der Waals surface area contributed by atoms with Crippen molar-refractivity contribution in [1.29, 1.82) is 0 Å². The number of nitrogens with zero attached hydrogens (tertiary/aromatic N) is 5. The fourth-order valence-corrected chi connectivity index (χ4v) is 2.59. The first-order chi connectivity index (χ1) is 14.7. The monoisotopic (exact) mass is 431 g/mol. The van der Waals surface area contributed by atoms with E-state index < -0.39 is 12.2 Å². The summed E-state index contributed by atoms with van der Waals surface area (Å²) in [6, 6.07) is 25.5. The molecule has 1 aromatic heterocycles. The Bertz CT molecular complexity index is 1150. The van der Waals surface area contributed by atoms with Gasteiger partial charge in [0.25, 0.3) is 5.69 Å². The van der Waals surface area contributed by atoms with Crippen LogP contribution in [0.5, 0.6) is 0 Å². The van der Waals surface area contributed by atoms with E-state index in [0.717, 1.165) is 11.3 Å². The second kappa shape index (κ2) is 9.16. The van der Waals surface area contributed by atoms with Crippen molar-refractivity contribution in [2.24, 2.45) is 0 Å². The van der Waals surface area contributed by atoms with Crippen LogP contribution in [0, 0.1) is 10.1 Å². The van der Waals surface area contributed by atoms with E-state index in [0.29, 0.717) is 11.5 Å². The minimum Gasteiger partial charge on any atom is -0.418 e. The second-order valence-electron chi connectivity index (χ2n) is 6.07. The molecule has 0 bridgehead atoms. The zero-order valence-corrected chi connectivity index (χ0v) is 15.7. The smallest absolute Gasteiger partial charge is 0.418 e. The zero-order chi connectivity index (χ0) is 22.4. The highest BCUT2D eigenvalue weighted by Gasteiger charge is 2.23. The van der Waals surface area contributed by atoms with Crippen molar-refractivity contribution < 1.29 is 27.0 Å². The molecule has 0 aliphatic carbocycles. The molecule has 0 saturated carbocycles. The SMILES string of the molecule is F[B-](F)(F)F.O=[N+]([O-])c1ccc(-[n+]2nc(-c3ccccc3)nn2-c2ccccc2)cc1. The predicted molar refractivity (Wildman–Crippen MR) is 105 cm³/mol. The lowest BCUT2D eigenvalue weighted by Gasteiger charge is -1.99. The van der Waals surface area contributed by atoms with Crippen molar-refractivity contribution in [2.75, 3.05) is 0 Å². The van der Waals surface area contributed by atoms with Crippen LogP contribution in [0.15, 0.2) is 84.9 Å². The molecule has 0 atom stereocenters. The summed E-state index contributed by atoms with van der Waals surface area (Å²) in [4.78, 5) is 13.8. The van der Waals surface area contributed by atoms with E-state index in [2.05, 4.69) is 10.2 Å². The number of para-hydroxylation sites is 1. The van der Waals surface area contributed by atoms with Crippen LogP contribution in [0.4, 0.5) is 23.0 Å². The average molecular weight is 431 g/mol. The molecule has 4 aromatic rings. The van der Waals surface area contributed by atoms with Crippen LogP contribution in [0.1, 0.15) is 0 Å². The summed E-state index contributed by atoms with van der Waals surface area (Å²) in [6.45, 7) is 0. The molecule has 0 unspecified atom stereocenters. The van der Waals surface area contributed by atoms with Gasteiger partial charge in [0.1, 0.15) is 5.69 Å². The number of rotatable bonds is 4. The van der Waals surface area contributed by atoms with E-state index in [4.69, 9.17) is 0 Å². The third-order valence-electron chi connectivity index (χ3n) is 3.87. The highest BCUT2D eigenvalue weighted by atomic mass is 19.5. The van der Waals surface area contributed by atoms with Gasteiger partial charge >= 0.3 is 13.1 Å². The van der Waals surface area contributed by atoms with Gasteiger partial charge in [-0.3, -0.25) is 10.1 Å². The number of aromatic nitrogens is 4. The molecule has 31 heavy (non-hydrogen) atoms. The van der Waals surface area contributed by atoms with Crippen molar-refractivity contribution in [3.05, 3.63) is 95.0 Å². The summed E-state index contributed by atoms with van der Waals surface area (Å²) in [6.07, 6.45) is 0. The number of tetrazole rings is 1. The van der Waals surface area contributed by atoms with Crippen LogP contribution < -0.4 is 4.80 Å². The maximum atomic E-state index is 10.9. The third kappa shape index (κ3) is 5.95. The van der Waals surface area contributed by atoms with Crippen molar-refractivity contribution in [2.45, 2.75) is 0 Å². The lowest BCUT2D eigenvalue weighted by Crippen LogP contribution is -2.43. The topological polar surface area (TPSA) is 77.7 Å². The quantitative estimate of drug-likeness (QED) is 0.158. The molecule has 4 rings (SSSR count). The molecule has 0 fully saturated rings. The molecule has 0 aliphatic rings. The Kier molecular flexibility index (Phi) is 6.39. The number of hydrogen-bond donors (Lipinski definition) is 0. The molecule has 0 N–H and O–H groups in total. The molecule has 1 heterocycles. The minimum absolute atomic E-state index is 0.0309. The third-order valence-corrected chi connectivity index (χ3v) is 3.87. The predicted octanol–water partition coefficient (Wildman–Crippen LogP) is 4.42. The van der Waals surface area contributed by atoms with E-state index in [1.54, 1.807) is 21.7 Å². The van der Waals surface area contributed by atoms with Gasteiger partial charge in [-0.15, -0.1) is 0 Å². The lowest BCUT2D eigenvalue weighted by molar-refractivity contribution is -0.734. The molecule has 0 saturated heterocycles. The number of hydrogen-bond acceptors (Lipinski definition) is 4. The number of benzene rings is 3. The van der Waals surface area contributed by atoms with Gasteiger partial charge in [0, 0.05) is 16.9 Å². The van der Waals surface area contributed by atoms with E-state index >= 15 is 0 Å². The molecule has 12 heteroatoms. The van der Waals surface area contributed by atoms with Crippen LogP contribution in [-0.2, 0) is 0 Å². The fraction of sp³-hybridized carbons (Fsp3) is 0. The Labute approximate surface area is 173 Å². The minimum atomic E-state index is -6.00. The summed E-state index contributed by atoms with van der Waals surface area (Å²) in [7, 11) is -6.00. The van der Waals surface area contributed by atoms with E-state index in [-0.39, 0.29) is 5.69 Å². The molecular weight excluding hydrogens is 417 g/mol. The average Bonchev–Trinajstić information content (AvgIpc) is 3.19. The normalized spacial score (nSPS) is 10.8. The summed E-state index contributed by atoms with van der Waals surface area (Å²) in [5.41, 5.74) is 2.43. The van der Waals surface area contributed by atoms with E-state index in [1.807, 2.05) is 60.7 Å². The molecule has 3 aromatic carbocycles. The summed E-state index contributed by atoms with van der Waals surface area (Å²) >= 11 is 0. The van der Waals surface area contributed by atoms with Gasteiger partial charge in [0.15, 0.2) is 5.69 Å². The van der Waals surface area contributed by atoms with Crippen LogP contribution >= 0.6 is 0 Å². The van der Waals surface area contributed by atoms with Gasteiger partial charge in [0.05, 0.1) is 15.6 Å². The second-order valence-corrected chi connectivity index (χ2v) is 6.07. The molecule has 0 aliphatic heterocycles. The van der Waals surface area contributed by atoms with Crippen LogP contribution in [0.2, 0.25) is 0 Å². The van der Waals surface area contributed by atoms with Crippen LogP contribution in [-0.4, -0.2) is 27.2 Å². The Morgan fingerprint density at radius 2 is 1.35 bits per heavy atom. The largest absolute Gasteiger partial charge is 0.673 e. The van der Waals surface area contributed by atoms with Gasteiger partial charge in [-0.1, -0.05) is 36.4 Å². The van der Waals surface area contributed by atoms with Crippen LogP contribution in [0.3, 0.4) is 0 Å². The Morgan fingerprint density at radius 1 is 0.839 bits per heavy atom. The molecule has 7 nitrogen and oxygen atoms in total. The summed E-state index contributed by atoms with van der Waals surface area (Å²) in [5, 5.41) is 20.1. The molecule has 0 amide bonds. The molecule has 0 spiro atoms. The van der Waals surface area contributed by atoms with Crippen molar-refractivity contribution >= 4 is 12.9 Å². The van der Waals surface area contributed by atoms with Crippen molar-refractivity contribution in [3.8, 4) is 22.8 Å². The molecule has 158 valence electrons. The summed E-state index contributed by atoms with van der Waals surface area (Å²) in [5.74, 6) is 0.563. The molecular formula is C19H14BF4N5O2. The summed E-state index contributed by atoms with van der Waals surface area (Å²) < 4.78 is 39.0. The van der Waals surface area contributed by atoms with Gasteiger partial charge in [-0.2, -0.15) is 0 Å². The van der Waals surface area contributed by atoms with E-state index in [1.165, 1.54) is 12.1 Å². The van der Waals surface area contributed by atoms with Gasteiger partial charge < -0.3 is 17.3 Å². The first kappa shape index (κ1) is 21.6. The van der Waals surface area contributed by atoms with Crippen molar-refractivity contribution in [1.82, 2.24) is 15.0 Å². The van der Waals surface area contributed by atoms with Crippen molar-refractivity contribution in [3.63, 3.8) is 0 Å². The van der Waals surface area contributed by atoms with Gasteiger partial charge in [0.2, 0.25) is 0 Å². The van der Waals surface area contributed by atoms with Gasteiger partial charge in [-0.25, -0.2) is 0 Å². The maximum absolute atomic E-state index is 10.9. The standard InChI is InChI=1S/C19H14N5O2.BF4/c25-24(26)18-13-11-17(12-14-18)23-21-19(15-7-3-1-4-8-15)20-22(23)16-9-5-2-6-10-16;2-1(3,4)5/h1-14H;/q+1;-1. The number of non-ortho nitro benzene ring substituents is 1. The Hall–Kier alpha value is -4.09. The zero-order valence-electron chi connectivity index (χ0n) is 15.7. The van der Waals surface area contributed by atoms with E-state index in [9.17, 15) is 27.4 Å². The highest BCUT2D eigenvalue weighted by Crippen LogP contribution is 2.16. The number of nitro groups is 1. The maximum Gasteiger partial charge on any atom is 0.673 e. The first-order valence-corrected chi connectivity index (χ1v) is 8.85.